The molecule has 2 aliphatic rings. The van der Waals surface area contributed by atoms with Crippen molar-refractivity contribution in [3.8, 4) is 34.3 Å². The second kappa shape index (κ2) is 9.71. The second-order valence-electron chi connectivity index (χ2n) is 9.00. The van der Waals surface area contributed by atoms with Crippen molar-refractivity contribution in [2.75, 3.05) is 45.2 Å². The van der Waals surface area contributed by atoms with Gasteiger partial charge in [0.25, 0.3) is 5.91 Å². The Kier molecular flexibility index (Phi) is 6.08. The number of nitrogens with zero attached hydrogens (tertiary/aromatic N) is 4. The Balaban J connectivity index is 1.39. The molecule has 0 radical (unpaired) electrons. The smallest absolute Gasteiger partial charge is 0.255 e. The van der Waals surface area contributed by atoms with E-state index in [0.29, 0.717) is 62.4 Å². The van der Waals surface area contributed by atoms with E-state index in [9.17, 15) is 4.79 Å². The molecule has 1 amide bonds. The number of anilines is 2. The van der Waals surface area contributed by atoms with Crippen molar-refractivity contribution < 1.29 is 23.7 Å². The van der Waals surface area contributed by atoms with Gasteiger partial charge in [-0.25, -0.2) is 14.6 Å². The molecule has 12 heteroatoms. The monoisotopic (exact) mass is 517 g/mol. The Morgan fingerprint density at radius 2 is 1.97 bits per heavy atom. The Hall–Kier alpha value is -4.58. The lowest BCUT2D eigenvalue weighted by molar-refractivity contribution is 0.102. The highest BCUT2D eigenvalue weighted by molar-refractivity contribution is 6.07. The normalized spacial score (nSPS) is 16.4. The lowest BCUT2D eigenvalue weighted by Gasteiger charge is -2.23. The highest BCUT2D eigenvalue weighted by Gasteiger charge is 2.29. The van der Waals surface area contributed by atoms with Crippen molar-refractivity contribution in [1.82, 2.24) is 25.1 Å². The molecule has 4 N–H and O–H groups in total. The van der Waals surface area contributed by atoms with Gasteiger partial charge in [-0.2, -0.15) is 5.10 Å². The minimum absolute atomic E-state index is 0.00272. The van der Waals surface area contributed by atoms with Crippen LogP contribution in [0.15, 0.2) is 36.7 Å². The van der Waals surface area contributed by atoms with Gasteiger partial charge >= 0.3 is 0 Å². The summed E-state index contributed by atoms with van der Waals surface area (Å²) < 4.78 is 24.2. The first-order valence-corrected chi connectivity index (χ1v) is 12.2. The van der Waals surface area contributed by atoms with Crippen LogP contribution in [0.5, 0.6) is 23.0 Å². The zero-order chi connectivity index (χ0) is 26.2. The minimum atomic E-state index is -0.339. The van der Waals surface area contributed by atoms with Crippen LogP contribution in [0.3, 0.4) is 0 Å². The number of ether oxygens (including phenoxy) is 4. The van der Waals surface area contributed by atoms with Crippen LogP contribution >= 0.6 is 0 Å². The molecule has 0 aliphatic carbocycles. The molecule has 196 valence electrons. The average Bonchev–Trinajstić information content (AvgIpc) is 3.60. The number of nitrogens with two attached hydrogens (primary N) is 1. The first-order chi connectivity index (χ1) is 18.6. The summed E-state index contributed by atoms with van der Waals surface area (Å²) in [5.74, 6) is 1.85. The lowest BCUT2D eigenvalue weighted by atomic mass is 10.1. The van der Waals surface area contributed by atoms with Crippen molar-refractivity contribution in [3.63, 3.8) is 0 Å². The summed E-state index contributed by atoms with van der Waals surface area (Å²) in [6, 6.07) is 8.67. The number of aromatic nitrogens is 4. The molecule has 1 saturated heterocycles. The van der Waals surface area contributed by atoms with E-state index < -0.39 is 0 Å². The van der Waals surface area contributed by atoms with Crippen LogP contribution in [0.2, 0.25) is 0 Å². The van der Waals surface area contributed by atoms with E-state index in [1.54, 1.807) is 24.3 Å². The topological polar surface area (TPSA) is 148 Å². The van der Waals surface area contributed by atoms with Crippen molar-refractivity contribution in [3.05, 3.63) is 42.2 Å². The maximum absolute atomic E-state index is 13.1. The fourth-order valence-electron chi connectivity index (χ4n) is 4.93. The Morgan fingerprint density at radius 3 is 2.76 bits per heavy atom. The van der Waals surface area contributed by atoms with E-state index in [0.717, 1.165) is 25.9 Å². The molecule has 0 saturated carbocycles. The molecule has 4 aromatic rings. The van der Waals surface area contributed by atoms with Crippen LogP contribution in [0.25, 0.3) is 22.3 Å². The zero-order valence-electron chi connectivity index (χ0n) is 21.0. The third-order valence-corrected chi connectivity index (χ3v) is 6.80. The summed E-state index contributed by atoms with van der Waals surface area (Å²) in [4.78, 5) is 21.8. The fourth-order valence-corrected chi connectivity index (χ4v) is 4.93. The highest BCUT2D eigenvalue weighted by atomic mass is 16.7. The number of carbonyl (C=O) groups excluding carboxylic acids is 1. The molecule has 0 bridgehead atoms. The number of fused-ring (bicyclic) bond motifs is 2. The number of nitrogens with one attached hydrogen (secondary N) is 2. The number of methoxy groups -OCH3 is 2. The predicted octanol–water partition coefficient (Wildman–Crippen LogP) is 3.00. The highest BCUT2D eigenvalue weighted by Crippen LogP contribution is 2.48. The molecular formula is C26H27N7O5. The van der Waals surface area contributed by atoms with Crippen LogP contribution in [0.4, 0.5) is 11.5 Å². The van der Waals surface area contributed by atoms with Gasteiger partial charge in [0.15, 0.2) is 28.6 Å². The summed E-state index contributed by atoms with van der Waals surface area (Å²) >= 11 is 0. The molecule has 2 aromatic heterocycles. The fraction of sp³-hybridized carbons (Fsp3) is 0.308. The molecular weight excluding hydrogens is 490 g/mol. The Labute approximate surface area is 218 Å². The van der Waals surface area contributed by atoms with Gasteiger partial charge in [0.2, 0.25) is 6.79 Å². The van der Waals surface area contributed by atoms with E-state index in [2.05, 4.69) is 20.6 Å². The van der Waals surface area contributed by atoms with Gasteiger partial charge in [-0.05, 0) is 49.7 Å². The maximum Gasteiger partial charge on any atom is 0.255 e. The Morgan fingerprint density at radius 1 is 1.13 bits per heavy atom. The van der Waals surface area contributed by atoms with Crippen LogP contribution in [0.1, 0.15) is 29.2 Å². The van der Waals surface area contributed by atoms with Gasteiger partial charge in [0, 0.05) is 17.7 Å². The standard InChI is InChI=1S/C26H27N7O5/c1-35-18-8-5-14(10-19(18)36-2)26(34)31-17-7-6-16(22-23(17)38-13-37-22)21-20-24(27)29-12-30-25(20)33(32-21)15-4-3-9-28-11-15/h5-8,10,12,15,28H,3-4,9,11,13H2,1-2H3,(H,31,34)(H2,27,29,30)/t15-/m1/s1. The van der Waals surface area contributed by atoms with Crippen molar-refractivity contribution >= 4 is 28.4 Å². The number of carbonyl (C=O) groups is 1. The summed E-state index contributed by atoms with van der Waals surface area (Å²) in [6.45, 7) is 1.77. The predicted molar refractivity (Wildman–Crippen MR) is 140 cm³/mol. The summed E-state index contributed by atoms with van der Waals surface area (Å²) in [7, 11) is 3.06. The summed E-state index contributed by atoms with van der Waals surface area (Å²) in [5.41, 5.74) is 9.12. The molecule has 0 unspecified atom stereocenters. The van der Waals surface area contributed by atoms with Crippen LogP contribution in [-0.4, -0.2) is 59.8 Å². The van der Waals surface area contributed by atoms with Gasteiger partial charge in [-0.1, -0.05) is 0 Å². The van der Waals surface area contributed by atoms with Gasteiger partial charge in [-0.15, -0.1) is 0 Å². The Bertz CT molecular complexity index is 1530. The third kappa shape index (κ3) is 3.98. The van der Waals surface area contributed by atoms with Crippen molar-refractivity contribution in [2.24, 2.45) is 0 Å². The molecule has 38 heavy (non-hydrogen) atoms. The summed E-state index contributed by atoms with van der Waals surface area (Å²) in [6.07, 6.45) is 3.47. The number of piperidine rings is 1. The molecule has 2 aliphatic heterocycles. The molecule has 4 heterocycles. The number of hydrogen-bond donors (Lipinski definition) is 3. The van der Waals surface area contributed by atoms with E-state index in [1.807, 2.05) is 10.7 Å². The number of nitrogen functional groups attached to an aromatic ring is 1. The minimum Gasteiger partial charge on any atom is -0.493 e. The number of hydrogen-bond acceptors (Lipinski definition) is 10. The maximum atomic E-state index is 13.1. The van der Waals surface area contributed by atoms with Crippen LogP contribution < -0.4 is 35.3 Å². The number of benzene rings is 2. The number of rotatable bonds is 6. The molecule has 0 spiro atoms. The molecule has 1 atom stereocenters. The molecule has 1 fully saturated rings. The SMILES string of the molecule is COc1ccc(C(=O)Nc2ccc(-c3nn([C@@H]4CCCNC4)c4ncnc(N)c34)c3c2OCO3)cc1OC. The van der Waals surface area contributed by atoms with E-state index in [-0.39, 0.29) is 18.7 Å². The second-order valence-corrected chi connectivity index (χ2v) is 9.00. The van der Waals surface area contributed by atoms with Crippen LogP contribution in [-0.2, 0) is 0 Å². The quantitative estimate of drug-likeness (QED) is 0.349. The van der Waals surface area contributed by atoms with Gasteiger partial charge < -0.3 is 35.3 Å². The van der Waals surface area contributed by atoms with Crippen LogP contribution in [0, 0.1) is 0 Å². The van der Waals surface area contributed by atoms with E-state index >= 15 is 0 Å². The average molecular weight is 518 g/mol. The van der Waals surface area contributed by atoms with Crippen molar-refractivity contribution in [1.29, 1.82) is 0 Å². The molecule has 2 aromatic carbocycles. The van der Waals surface area contributed by atoms with Gasteiger partial charge in [0.05, 0.1) is 31.3 Å². The first kappa shape index (κ1) is 23.8. The lowest BCUT2D eigenvalue weighted by Crippen LogP contribution is -2.32. The van der Waals surface area contributed by atoms with Gasteiger partial charge in [0.1, 0.15) is 17.8 Å². The van der Waals surface area contributed by atoms with E-state index in [1.165, 1.54) is 20.5 Å². The molecule has 6 rings (SSSR count). The van der Waals surface area contributed by atoms with E-state index in [4.69, 9.17) is 29.8 Å². The van der Waals surface area contributed by atoms with Crippen molar-refractivity contribution in [2.45, 2.75) is 18.9 Å². The van der Waals surface area contributed by atoms with Gasteiger partial charge in [-0.3, -0.25) is 4.79 Å². The summed E-state index contributed by atoms with van der Waals surface area (Å²) in [5, 5.41) is 11.9. The molecule has 12 nitrogen and oxygen atoms in total. The first-order valence-electron chi connectivity index (χ1n) is 12.2. The zero-order valence-corrected chi connectivity index (χ0v) is 21.0. The number of amides is 1. The largest absolute Gasteiger partial charge is 0.493 e. The third-order valence-electron chi connectivity index (χ3n) is 6.80.